The second-order valence-corrected chi connectivity index (χ2v) is 3.33. The second-order valence-electron chi connectivity index (χ2n) is 2.99. The molecule has 0 atom stereocenters. The number of aromatic nitrogens is 2. The SMILES string of the molecule is CCOc1ccc2nc(Cl)nc(N)c2c1. The van der Waals surface area contributed by atoms with Crippen LogP contribution in [0.1, 0.15) is 6.92 Å². The summed E-state index contributed by atoms with van der Waals surface area (Å²) in [6, 6.07) is 5.45. The summed E-state index contributed by atoms with van der Waals surface area (Å²) >= 11 is 5.69. The number of halogens is 1. The lowest BCUT2D eigenvalue weighted by atomic mass is 10.2. The number of nitrogens with zero attached hydrogens (tertiary/aromatic N) is 2. The fourth-order valence-corrected chi connectivity index (χ4v) is 1.54. The molecule has 2 N–H and O–H groups in total. The van der Waals surface area contributed by atoms with Crippen molar-refractivity contribution in [3.63, 3.8) is 0 Å². The molecule has 0 saturated heterocycles. The highest BCUT2D eigenvalue weighted by Crippen LogP contribution is 2.24. The Kier molecular flexibility index (Phi) is 2.60. The van der Waals surface area contributed by atoms with Crippen LogP contribution in [-0.2, 0) is 0 Å². The number of fused-ring (bicyclic) bond motifs is 1. The molecule has 1 heterocycles. The molecule has 0 fully saturated rings. The Hall–Kier alpha value is -1.55. The van der Waals surface area contributed by atoms with Crippen LogP contribution in [0.15, 0.2) is 18.2 Å². The van der Waals surface area contributed by atoms with E-state index in [1.165, 1.54) is 0 Å². The number of anilines is 1. The van der Waals surface area contributed by atoms with Gasteiger partial charge in [0.25, 0.3) is 0 Å². The van der Waals surface area contributed by atoms with Crippen LogP contribution in [-0.4, -0.2) is 16.6 Å². The van der Waals surface area contributed by atoms with Crippen LogP contribution in [0.4, 0.5) is 5.82 Å². The molecular weight excluding hydrogens is 214 g/mol. The quantitative estimate of drug-likeness (QED) is 0.794. The fourth-order valence-electron chi connectivity index (χ4n) is 1.36. The van der Waals surface area contributed by atoms with E-state index < -0.39 is 0 Å². The van der Waals surface area contributed by atoms with Gasteiger partial charge in [-0.2, -0.15) is 0 Å². The Balaban J connectivity index is 2.60. The van der Waals surface area contributed by atoms with Crippen molar-refractivity contribution in [3.05, 3.63) is 23.5 Å². The third kappa shape index (κ3) is 1.94. The Morgan fingerprint density at radius 3 is 2.93 bits per heavy atom. The zero-order valence-corrected chi connectivity index (χ0v) is 8.95. The summed E-state index contributed by atoms with van der Waals surface area (Å²) in [7, 11) is 0. The molecule has 0 amide bonds. The van der Waals surface area contributed by atoms with Gasteiger partial charge in [-0.05, 0) is 36.7 Å². The maximum absolute atomic E-state index is 5.73. The number of nitrogens with two attached hydrogens (primary N) is 1. The normalized spacial score (nSPS) is 10.5. The third-order valence-electron chi connectivity index (χ3n) is 1.98. The maximum atomic E-state index is 5.73. The first-order valence-electron chi connectivity index (χ1n) is 4.56. The summed E-state index contributed by atoms with van der Waals surface area (Å²) in [6.07, 6.45) is 0. The van der Waals surface area contributed by atoms with E-state index in [1.54, 1.807) is 0 Å². The van der Waals surface area contributed by atoms with Gasteiger partial charge in [-0.25, -0.2) is 9.97 Å². The van der Waals surface area contributed by atoms with Crippen molar-refractivity contribution in [3.8, 4) is 5.75 Å². The fraction of sp³-hybridized carbons (Fsp3) is 0.200. The summed E-state index contributed by atoms with van der Waals surface area (Å²) in [6.45, 7) is 2.53. The first-order chi connectivity index (χ1) is 7.20. The highest BCUT2D eigenvalue weighted by Gasteiger charge is 2.04. The zero-order chi connectivity index (χ0) is 10.8. The number of rotatable bonds is 2. The van der Waals surface area contributed by atoms with Gasteiger partial charge in [-0.3, -0.25) is 0 Å². The maximum Gasteiger partial charge on any atom is 0.224 e. The number of hydrogen-bond acceptors (Lipinski definition) is 4. The van der Waals surface area contributed by atoms with Crippen LogP contribution >= 0.6 is 11.6 Å². The minimum atomic E-state index is 0.157. The molecule has 4 nitrogen and oxygen atoms in total. The Morgan fingerprint density at radius 2 is 2.20 bits per heavy atom. The summed E-state index contributed by atoms with van der Waals surface area (Å²) in [4.78, 5) is 7.94. The van der Waals surface area contributed by atoms with Crippen molar-refractivity contribution in [2.75, 3.05) is 12.3 Å². The zero-order valence-electron chi connectivity index (χ0n) is 8.20. The van der Waals surface area contributed by atoms with Crippen molar-refractivity contribution in [1.29, 1.82) is 0 Å². The van der Waals surface area contributed by atoms with Crippen LogP contribution in [0.25, 0.3) is 10.9 Å². The summed E-state index contributed by atoms with van der Waals surface area (Å²) in [5.41, 5.74) is 6.45. The van der Waals surface area contributed by atoms with Gasteiger partial charge in [0, 0.05) is 5.39 Å². The molecule has 0 unspecified atom stereocenters. The molecule has 2 rings (SSSR count). The third-order valence-corrected chi connectivity index (χ3v) is 2.15. The van der Waals surface area contributed by atoms with Crippen LogP contribution in [0.3, 0.4) is 0 Å². The first kappa shape index (κ1) is 9.98. The minimum absolute atomic E-state index is 0.157. The molecule has 2 aromatic rings. The minimum Gasteiger partial charge on any atom is -0.494 e. The van der Waals surface area contributed by atoms with Crippen molar-refractivity contribution in [2.45, 2.75) is 6.92 Å². The molecule has 1 aromatic heterocycles. The van der Waals surface area contributed by atoms with Gasteiger partial charge in [0.05, 0.1) is 12.1 Å². The van der Waals surface area contributed by atoms with Crippen LogP contribution < -0.4 is 10.5 Å². The van der Waals surface area contributed by atoms with Crippen molar-refractivity contribution in [1.82, 2.24) is 9.97 Å². The van der Waals surface area contributed by atoms with E-state index >= 15 is 0 Å². The first-order valence-corrected chi connectivity index (χ1v) is 4.94. The molecule has 0 bridgehead atoms. The molecule has 0 aliphatic heterocycles. The summed E-state index contributed by atoms with van der Waals surface area (Å²) in [5.74, 6) is 1.12. The monoisotopic (exact) mass is 223 g/mol. The molecule has 0 aliphatic carbocycles. The van der Waals surface area contributed by atoms with Gasteiger partial charge in [0.1, 0.15) is 11.6 Å². The molecule has 1 aromatic carbocycles. The predicted octanol–water partition coefficient (Wildman–Crippen LogP) is 2.26. The lowest BCUT2D eigenvalue weighted by Crippen LogP contribution is -1.96. The van der Waals surface area contributed by atoms with Crippen molar-refractivity contribution in [2.24, 2.45) is 0 Å². The van der Waals surface area contributed by atoms with Crippen molar-refractivity contribution >= 4 is 28.3 Å². The number of benzene rings is 1. The van der Waals surface area contributed by atoms with Crippen LogP contribution in [0, 0.1) is 0 Å². The number of hydrogen-bond donors (Lipinski definition) is 1. The molecule has 0 saturated carbocycles. The highest BCUT2D eigenvalue weighted by molar-refractivity contribution is 6.28. The van der Waals surface area contributed by atoms with E-state index in [1.807, 2.05) is 25.1 Å². The van der Waals surface area contributed by atoms with E-state index in [9.17, 15) is 0 Å². The predicted molar refractivity (Wildman–Crippen MR) is 60.1 cm³/mol. The Bertz CT molecular complexity index is 501. The molecule has 0 spiro atoms. The molecule has 0 aliphatic rings. The largest absolute Gasteiger partial charge is 0.494 e. The average molecular weight is 224 g/mol. The van der Waals surface area contributed by atoms with Gasteiger partial charge in [0.2, 0.25) is 5.28 Å². The van der Waals surface area contributed by atoms with Gasteiger partial charge >= 0.3 is 0 Å². The molecule has 5 heteroatoms. The standard InChI is InChI=1S/C10H10ClN3O/c1-2-15-6-3-4-8-7(5-6)9(12)14-10(11)13-8/h3-5H,2H2,1H3,(H2,12,13,14). The smallest absolute Gasteiger partial charge is 0.224 e. The number of nitrogen functional groups attached to an aromatic ring is 1. The van der Waals surface area contributed by atoms with Gasteiger partial charge in [0.15, 0.2) is 0 Å². The lowest BCUT2D eigenvalue weighted by molar-refractivity contribution is 0.340. The van der Waals surface area contributed by atoms with Crippen LogP contribution in [0.5, 0.6) is 5.75 Å². The lowest BCUT2D eigenvalue weighted by Gasteiger charge is -2.05. The number of ether oxygens (including phenoxy) is 1. The summed E-state index contributed by atoms with van der Waals surface area (Å²) in [5, 5.41) is 0.912. The molecule has 0 radical (unpaired) electrons. The molecular formula is C10H10ClN3O. The van der Waals surface area contributed by atoms with E-state index in [0.717, 1.165) is 16.7 Å². The molecule has 15 heavy (non-hydrogen) atoms. The Labute approximate surface area is 92.0 Å². The van der Waals surface area contributed by atoms with E-state index in [2.05, 4.69) is 9.97 Å². The van der Waals surface area contributed by atoms with Crippen molar-refractivity contribution < 1.29 is 4.74 Å². The van der Waals surface area contributed by atoms with E-state index in [0.29, 0.717) is 12.4 Å². The van der Waals surface area contributed by atoms with E-state index in [-0.39, 0.29) is 5.28 Å². The van der Waals surface area contributed by atoms with E-state index in [4.69, 9.17) is 22.1 Å². The van der Waals surface area contributed by atoms with Gasteiger partial charge in [-0.1, -0.05) is 0 Å². The van der Waals surface area contributed by atoms with Gasteiger partial charge < -0.3 is 10.5 Å². The summed E-state index contributed by atoms with van der Waals surface area (Å²) < 4.78 is 5.36. The second kappa shape index (κ2) is 3.90. The average Bonchev–Trinajstić information content (AvgIpc) is 2.19. The van der Waals surface area contributed by atoms with Gasteiger partial charge in [-0.15, -0.1) is 0 Å². The van der Waals surface area contributed by atoms with Crippen LogP contribution in [0.2, 0.25) is 5.28 Å². The molecule has 78 valence electrons. The highest BCUT2D eigenvalue weighted by atomic mass is 35.5. The topological polar surface area (TPSA) is 61.0 Å². The Morgan fingerprint density at radius 1 is 1.40 bits per heavy atom.